The third kappa shape index (κ3) is 6.44. The molecule has 0 atom stereocenters. The zero-order valence-electron chi connectivity index (χ0n) is 28.7. The number of amides is 3. The number of nitrogens with zero attached hydrogens (tertiary/aromatic N) is 3. The Kier molecular flexibility index (Phi) is 8.99. The lowest BCUT2D eigenvalue weighted by atomic mass is 9.73. The number of hydrogen-bond acceptors (Lipinski definition) is 7. The molecule has 3 aliphatic rings. The summed E-state index contributed by atoms with van der Waals surface area (Å²) in [5.74, 6) is -3.70. The molecule has 0 radical (unpaired) electrons. The van der Waals surface area contributed by atoms with Gasteiger partial charge in [0.05, 0.1) is 11.3 Å². The Balaban J connectivity index is 0.989. The molecule has 3 amide bonds. The van der Waals surface area contributed by atoms with Gasteiger partial charge < -0.3 is 25.2 Å². The van der Waals surface area contributed by atoms with E-state index >= 15 is 4.39 Å². The van der Waals surface area contributed by atoms with Crippen LogP contribution in [0, 0.1) is 29.8 Å². The third-order valence-electron chi connectivity index (χ3n) is 10.2. The first kappa shape index (κ1) is 34.6. The summed E-state index contributed by atoms with van der Waals surface area (Å²) in [6.07, 6.45) is 2.09. The van der Waals surface area contributed by atoms with E-state index in [-0.39, 0.29) is 40.6 Å². The first-order chi connectivity index (χ1) is 25.6. The highest BCUT2D eigenvalue weighted by atomic mass is 32.1. The van der Waals surface area contributed by atoms with Gasteiger partial charge in [-0.15, -0.1) is 11.3 Å². The second-order valence-electron chi connectivity index (χ2n) is 13.7. The molecule has 0 unspecified atom stereocenters. The number of ether oxygens (including phenoxy) is 1. The Hall–Kier alpha value is -5.53. The molecule has 1 spiro atoms. The van der Waals surface area contributed by atoms with E-state index in [1.165, 1.54) is 6.07 Å². The fourth-order valence-electron chi connectivity index (χ4n) is 7.32. The topological polar surface area (TPSA) is 104 Å². The standard InChI is InChI=1S/C40H34F3N5O4S/c1-23-9-14-28(36(44-23)47-21-40(22-47)16-19-52-20-17-40)37(49)45-25-12-10-24(11-13-25)39(51)48-18-15-27-32(43)35(53-34(27)26-5-2-3-8-31(26)48)38(50)46-33-29(41)6-4-7-30(33)42/h2-14H,15-22H2,1H3,(H,45,49)(H,46,50). The number of hydrogen-bond donors (Lipinski definition) is 2. The van der Waals surface area contributed by atoms with Gasteiger partial charge in [0.15, 0.2) is 5.82 Å². The average Bonchev–Trinajstić information content (AvgIpc) is 3.38. The molecule has 0 bridgehead atoms. The number of pyridine rings is 1. The lowest BCUT2D eigenvalue weighted by Crippen LogP contribution is -2.59. The van der Waals surface area contributed by atoms with Gasteiger partial charge in [-0.05, 0) is 80.8 Å². The zero-order valence-corrected chi connectivity index (χ0v) is 29.5. The van der Waals surface area contributed by atoms with E-state index in [4.69, 9.17) is 9.72 Å². The van der Waals surface area contributed by atoms with Gasteiger partial charge in [-0.2, -0.15) is 0 Å². The Morgan fingerprint density at radius 1 is 0.849 bits per heavy atom. The van der Waals surface area contributed by atoms with Crippen LogP contribution in [0.3, 0.4) is 0 Å². The number of anilines is 4. The Morgan fingerprint density at radius 2 is 1.57 bits per heavy atom. The number of fused-ring (bicyclic) bond motifs is 3. The van der Waals surface area contributed by atoms with Crippen LogP contribution in [-0.4, -0.2) is 55.6 Å². The number of benzene rings is 3. The van der Waals surface area contributed by atoms with E-state index in [0.717, 1.165) is 68.3 Å². The van der Waals surface area contributed by atoms with Gasteiger partial charge in [-0.25, -0.2) is 18.2 Å². The van der Waals surface area contributed by atoms with Crippen LogP contribution >= 0.6 is 11.3 Å². The molecular weight excluding hydrogens is 704 g/mol. The second-order valence-corrected chi connectivity index (χ2v) is 14.7. The maximum absolute atomic E-state index is 15.9. The highest BCUT2D eigenvalue weighted by Gasteiger charge is 2.45. The zero-order chi connectivity index (χ0) is 36.9. The Labute approximate surface area is 307 Å². The summed E-state index contributed by atoms with van der Waals surface area (Å²) in [6.45, 7) is 5.17. The molecule has 53 heavy (non-hydrogen) atoms. The molecule has 2 fully saturated rings. The first-order valence-corrected chi connectivity index (χ1v) is 18.1. The van der Waals surface area contributed by atoms with Crippen LogP contribution in [0.1, 0.15) is 54.5 Å². The number of aryl methyl sites for hydroxylation is 1. The second kappa shape index (κ2) is 13.8. The largest absolute Gasteiger partial charge is 0.381 e. The molecular formula is C40H34F3N5O4S. The number of aromatic nitrogens is 1. The fraction of sp³-hybridized carbons (Fsp3) is 0.250. The molecule has 2 aromatic heterocycles. The van der Waals surface area contributed by atoms with E-state index in [2.05, 4.69) is 15.5 Å². The molecule has 8 rings (SSSR count). The SMILES string of the molecule is Cc1ccc(C(=O)Nc2ccc(C(=O)N3CCc4c(sc(C(=O)Nc5c(F)cccc5F)c4F)-c4ccccc43)cc2)c(N2CC3(CCOCC3)C2)n1. The highest BCUT2D eigenvalue weighted by Crippen LogP contribution is 2.45. The molecule has 3 aliphatic heterocycles. The van der Waals surface area contributed by atoms with Crippen molar-refractivity contribution in [1.29, 1.82) is 0 Å². The maximum atomic E-state index is 15.9. The van der Waals surface area contributed by atoms with Crippen LogP contribution in [0.4, 0.5) is 36.1 Å². The van der Waals surface area contributed by atoms with Crippen LogP contribution in [0.5, 0.6) is 0 Å². The summed E-state index contributed by atoms with van der Waals surface area (Å²) in [6, 6.07) is 20.4. The minimum absolute atomic E-state index is 0.0897. The number of para-hydroxylation sites is 2. The summed E-state index contributed by atoms with van der Waals surface area (Å²) < 4.78 is 49.9. The third-order valence-corrected chi connectivity index (χ3v) is 11.4. The van der Waals surface area contributed by atoms with Crippen molar-refractivity contribution in [3.05, 3.63) is 124 Å². The molecule has 5 aromatic rings. The summed E-state index contributed by atoms with van der Waals surface area (Å²) >= 11 is 0.864. The van der Waals surface area contributed by atoms with Gasteiger partial charge in [0.25, 0.3) is 17.7 Å². The molecule has 13 heteroatoms. The van der Waals surface area contributed by atoms with Crippen molar-refractivity contribution in [3.8, 4) is 10.4 Å². The van der Waals surface area contributed by atoms with Gasteiger partial charge in [-0.3, -0.25) is 14.4 Å². The maximum Gasteiger partial charge on any atom is 0.268 e. The monoisotopic (exact) mass is 737 g/mol. The van der Waals surface area contributed by atoms with E-state index < -0.39 is 29.0 Å². The number of rotatable bonds is 6. The summed E-state index contributed by atoms with van der Waals surface area (Å²) in [5, 5.41) is 5.12. The highest BCUT2D eigenvalue weighted by molar-refractivity contribution is 7.17. The summed E-state index contributed by atoms with van der Waals surface area (Å²) in [4.78, 5) is 49.1. The molecule has 270 valence electrons. The summed E-state index contributed by atoms with van der Waals surface area (Å²) in [7, 11) is 0. The number of halogens is 3. The van der Waals surface area contributed by atoms with Crippen molar-refractivity contribution in [1.82, 2.24) is 4.98 Å². The molecule has 0 aliphatic carbocycles. The number of nitrogens with one attached hydrogen (secondary N) is 2. The molecule has 5 heterocycles. The van der Waals surface area contributed by atoms with Crippen LogP contribution < -0.4 is 20.4 Å². The molecule has 9 nitrogen and oxygen atoms in total. The van der Waals surface area contributed by atoms with Gasteiger partial charge in [0.1, 0.15) is 28.0 Å². The van der Waals surface area contributed by atoms with Crippen molar-refractivity contribution < 1.29 is 32.3 Å². The van der Waals surface area contributed by atoms with Gasteiger partial charge in [0, 0.05) is 71.2 Å². The van der Waals surface area contributed by atoms with E-state index in [1.54, 1.807) is 59.5 Å². The van der Waals surface area contributed by atoms with E-state index in [9.17, 15) is 23.2 Å². The van der Waals surface area contributed by atoms with Crippen molar-refractivity contribution in [3.63, 3.8) is 0 Å². The van der Waals surface area contributed by atoms with Crippen LogP contribution in [-0.2, 0) is 11.2 Å². The fourth-order valence-corrected chi connectivity index (χ4v) is 8.48. The smallest absolute Gasteiger partial charge is 0.268 e. The lowest BCUT2D eigenvalue weighted by Gasteiger charge is -2.53. The van der Waals surface area contributed by atoms with Gasteiger partial charge in [-0.1, -0.05) is 24.3 Å². The minimum Gasteiger partial charge on any atom is -0.381 e. The predicted molar refractivity (Wildman–Crippen MR) is 197 cm³/mol. The average molecular weight is 738 g/mol. The van der Waals surface area contributed by atoms with Gasteiger partial charge in [0.2, 0.25) is 0 Å². The quantitative estimate of drug-likeness (QED) is 0.184. The van der Waals surface area contributed by atoms with Crippen LogP contribution in [0.25, 0.3) is 10.4 Å². The van der Waals surface area contributed by atoms with Crippen molar-refractivity contribution in [2.24, 2.45) is 5.41 Å². The Morgan fingerprint density at radius 3 is 2.30 bits per heavy atom. The Bertz CT molecular complexity index is 2240. The van der Waals surface area contributed by atoms with E-state index in [0.29, 0.717) is 38.8 Å². The normalized spacial score (nSPS) is 15.9. The number of thiophene rings is 1. The van der Waals surface area contributed by atoms with Gasteiger partial charge >= 0.3 is 0 Å². The molecule has 3 aromatic carbocycles. The molecule has 0 saturated carbocycles. The van der Waals surface area contributed by atoms with Crippen molar-refractivity contribution in [2.45, 2.75) is 26.2 Å². The summed E-state index contributed by atoms with van der Waals surface area (Å²) in [5.41, 5.74) is 3.01. The van der Waals surface area contributed by atoms with Crippen LogP contribution in [0.2, 0.25) is 0 Å². The predicted octanol–water partition coefficient (Wildman–Crippen LogP) is 7.86. The van der Waals surface area contributed by atoms with Crippen LogP contribution in [0.15, 0.2) is 78.9 Å². The first-order valence-electron chi connectivity index (χ1n) is 17.3. The molecule has 2 saturated heterocycles. The number of carbonyl (C=O) groups excluding carboxylic acids is 3. The van der Waals surface area contributed by atoms with Crippen molar-refractivity contribution >= 4 is 51.9 Å². The number of carbonyl (C=O) groups is 3. The van der Waals surface area contributed by atoms with E-state index in [1.807, 2.05) is 13.0 Å². The minimum atomic E-state index is -0.977. The molecule has 2 N–H and O–H groups in total. The van der Waals surface area contributed by atoms with Crippen molar-refractivity contribution in [2.75, 3.05) is 53.3 Å². The lowest BCUT2D eigenvalue weighted by molar-refractivity contribution is -0.000519.